The molecule has 1 heterocycles. The molecule has 0 saturated carbocycles. The number of nitrogens with zero attached hydrogens (tertiary/aromatic N) is 1. The first kappa shape index (κ1) is 11.6. The Hall–Kier alpha value is -0.450. The number of hydrogen-bond donors (Lipinski definition) is 2. The highest BCUT2D eigenvalue weighted by molar-refractivity contribution is 7.07. The van der Waals surface area contributed by atoms with Crippen molar-refractivity contribution < 1.29 is 0 Å². The van der Waals surface area contributed by atoms with Crippen molar-refractivity contribution in [1.29, 1.82) is 0 Å². The summed E-state index contributed by atoms with van der Waals surface area (Å²) < 4.78 is 0. The molecule has 0 atom stereocenters. The molecule has 1 aromatic rings. The monoisotopic (exact) mass is 213 g/mol. The van der Waals surface area contributed by atoms with Gasteiger partial charge in [0.1, 0.15) is 0 Å². The van der Waals surface area contributed by atoms with E-state index in [0.29, 0.717) is 0 Å². The molecule has 0 saturated heterocycles. The van der Waals surface area contributed by atoms with Crippen molar-refractivity contribution in [2.75, 3.05) is 26.2 Å². The van der Waals surface area contributed by atoms with Crippen LogP contribution in [0.25, 0.3) is 0 Å². The molecule has 0 spiro atoms. The Morgan fingerprint density at radius 1 is 1.29 bits per heavy atom. The van der Waals surface area contributed by atoms with E-state index in [1.165, 1.54) is 12.1 Å². The van der Waals surface area contributed by atoms with E-state index in [4.69, 9.17) is 0 Å². The standard InChI is InChI=1S/C10H19N3S/c1-2-11-5-3-6-12-7-4-10-8-14-9-13-10/h8-9,11-12H,2-7H2,1H3. The molecule has 0 radical (unpaired) electrons. The molecule has 0 aliphatic carbocycles. The normalized spacial score (nSPS) is 10.6. The molecule has 3 nitrogen and oxygen atoms in total. The molecule has 0 aliphatic heterocycles. The fourth-order valence-electron chi connectivity index (χ4n) is 1.22. The van der Waals surface area contributed by atoms with Gasteiger partial charge >= 0.3 is 0 Å². The second-order valence-electron chi connectivity index (χ2n) is 3.19. The van der Waals surface area contributed by atoms with E-state index in [1.54, 1.807) is 11.3 Å². The van der Waals surface area contributed by atoms with Gasteiger partial charge in [-0.1, -0.05) is 6.92 Å². The van der Waals surface area contributed by atoms with Gasteiger partial charge in [0.05, 0.1) is 11.2 Å². The van der Waals surface area contributed by atoms with E-state index in [0.717, 1.165) is 32.6 Å². The van der Waals surface area contributed by atoms with Crippen LogP contribution in [-0.4, -0.2) is 31.2 Å². The number of hydrogen-bond acceptors (Lipinski definition) is 4. The van der Waals surface area contributed by atoms with Crippen molar-refractivity contribution in [1.82, 2.24) is 15.6 Å². The summed E-state index contributed by atoms with van der Waals surface area (Å²) in [4.78, 5) is 4.23. The molecule has 0 bridgehead atoms. The molecule has 14 heavy (non-hydrogen) atoms. The lowest BCUT2D eigenvalue weighted by Gasteiger charge is -2.03. The molecule has 80 valence electrons. The lowest BCUT2D eigenvalue weighted by atomic mass is 10.3. The van der Waals surface area contributed by atoms with Crippen molar-refractivity contribution in [3.8, 4) is 0 Å². The minimum Gasteiger partial charge on any atom is -0.317 e. The summed E-state index contributed by atoms with van der Waals surface area (Å²) in [5, 5.41) is 8.82. The second kappa shape index (κ2) is 7.91. The summed E-state index contributed by atoms with van der Waals surface area (Å²) in [6.45, 7) is 6.45. The third-order valence-corrected chi connectivity index (χ3v) is 2.63. The van der Waals surface area contributed by atoms with Crippen molar-refractivity contribution in [2.45, 2.75) is 19.8 Å². The molecule has 0 aliphatic rings. The summed E-state index contributed by atoms with van der Waals surface area (Å²) in [7, 11) is 0. The molecule has 0 unspecified atom stereocenters. The van der Waals surface area contributed by atoms with Crippen LogP contribution in [0.2, 0.25) is 0 Å². The van der Waals surface area contributed by atoms with Gasteiger partial charge < -0.3 is 10.6 Å². The van der Waals surface area contributed by atoms with Crippen LogP contribution in [0.15, 0.2) is 10.9 Å². The van der Waals surface area contributed by atoms with Crippen molar-refractivity contribution in [2.24, 2.45) is 0 Å². The van der Waals surface area contributed by atoms with Crippen molar-refractivity contribution >= 4 is 11.3 Å². The van der Waals surface area contributed by atoms with E-state index in [9.17, 15) is 0 Å². The topological polar surface area (TPSA) is 37.0 Å². The maximum atomic E-state index is 4.23. The van der Waals surface area contributed by atoms with E-state index < -0.39 is 0 Å². The third-order valence-electron chi connectivity index (χ3n) is 2.00. The van der Waals surface area contributed by atoms with Crippen LogP contribution in [0.5, 0.6) is 0 Å². The molecular formula is C10H19N3S. The quantitative estimate of drug-likeness (QED) is 0.639. The average molecular weight is 213 g/mol. The lowest BCUT2D eigenvalue weighted by Crippen LogP contribution is -2.23. The highest BCUT2D eigenvalue weighted by Crippen LogP contribution is 2.00. The third kappa shape index (κ3) is 5.32. The molecule has 0 amide bonds. The maximum absolute atomic E-state index is 4.23. The van der Waals surface area contributed by atoms with Gasteiger partial charge in [-0.25, -0.2) is 4.98 Å². The molecule has 0 aromatic carbocycles. The minimum atomic E-state index is 1.04. The molecule has 4 heteroatoms. The zero-order valence-electron chi connectivity index (χ0n) is 8.75. The number of aromatic nitrogens is 1. The van der Waals surface area contributed by atoms with Gasteiger partial charge in [-0.05, 0) is 26.1 Å². The van der Waals surface area contributed by atoms with Gasteiger partial charge in [0.15, 0.2) is 0 Å². The van der Waals surface area contributed by atoms with Gasteiger partial charge in [-0.2, -0.15) is 0 Å². The van der Waals surface area contributed by atoms with Crippen LogP contribution in [0.3, 0.4) is 0 Å². The first-order valence-electron chi connectivity index (χ1n) is 5.22. The Balaban J connectivity index is 1.85. The predicted octanol–water partition coefficient (Wildman–Crippen LogP) is 1.27. The zero-order valence-corrected chi connectivity index (χ0v) is 9.57. The number of thiazole rings is 1. The van der Waals surface area contributed by atoms with E-state index >= 15 is 0 Å². The lowest BCUT2D eigenvalue weighted by molar-refractivity contribution is 0.605. The number of nitrogens with one attached hydrogen (secondary N) is 2. The fraction of sp³-hybridized carbons (Fsp3) is 0.700. The van der Waals surface area contributed by atoms with Crippen molar-refractivity contribution in [3.05, 3.63) is 16.6 Å². The van der Waals surface area contributed by atoms with Gasteiger partial charge in [-0.3, -0.25) is 0 Å². The van der Waals surface area contributed by atoms with Gasteiger partial charge in [0.25, 0.3) is 0 Å². The van der Waals surface area contributed by atoms with Crippen LogP contribution in [0.1, 0.15) is 19.0 Å². The van der Waals surface area contributed by atoms with Crippen LogP contribution in [-0.2, 0) is 6.42 Å². The summed E-state index contributed by atoms with van der Waals surface area (Å²) in [5.74, 6) is 0. The highest BCUT2D eigenvalue weighted by atomic mass is 32.1. The Kier molecular flexibility index (Phi) is 6.57. The molecular weight excluding hydrogens is 194 g/mol. The van der Waals surface area contributed by atoms with Gasteiger partial charge in [0.2, 0.25) is 0 Å². The largest absolute Gasteiger partial charge is 0.317 e. The van der Waals surface area contributed by atoms with Gasteiger partial charge in [-0.15, -0.1) is 11.3 Å². The highest BCUT2D eigenvalue weighted by Gasteiger charge is 1.93. The zero-order chi connectivity index (χ0) is 10.1. The summed E-state index contributed by atoms with van der Waals surface area (Å²) >= 11 is 1.67. The van der Waals surface area contributed by atoms with Gasteiger partial charge in [0, 0.05) is 18.3 Å². The average Bonchev–Trinajstić information content (AvgIpc) is 2.69. The summed E-state index contributed by atoms with van der Waals surface area (Å²) in [6.07, 6.45) is 2.25. The summed E-state index contributed by atoms with van der Waals surface area (Å²) in [6, 6.07) is 0. The molecule has 1 rings (SSSR count). The first-order chi connectivity index (χ1) is 6.93. The Bertz CT molecular complexity index is 211. The Labute approximate surface area is 89.9 Å². The van der Waals surface area contributed by atoms with Crippen molar-refractivity contribution in [3.63, 3.8) is 0 Å². The van der Waals surface area contributed by atoms with E-state index in [2.05, 4.69) is 27.9 Å². The molecule has 1 aromatic heterocycles. The Morgan fingerprint density at radius 3 is 2.86 bits per heavy atom. The molecule has 0 fully saturated rings. The van der Waals surface area contributed by atoms with Crippen LogP contribution < -0.4 is 10.6 Å². The predicted molar refractivity (Wildman–Crippen MR) is 61.8 cm³/mol. The maximum Gasteiger partial charge on any atom is 0.0794 e. The van der Waals surface area contributed by atoms with Crippen LogP contribution in [0, 0.1) is 0 Å². The smallest absolute Gasteiger partial charge is 0.0794 e. The van der Waals surface area contributed by atoms with Crippen LogP contribution >= 0.6 is 11.3 Å². The van der Waals surface area contributed by atoms with E-state index in [1.807, 2.05) is 5.51 Å². The number of rotatable bonds is 8. The second-order valence-corrected chi connectivity index (χ2v) is 3.91. The Morgan fingerprint density at radius 2 is 2.14 bits per heavy atom. The minimum absolute atomic E-state index is 1.04. The van der Waals surface area contributed by atoms with Crippen LogP contribution in [0.4, 0.5) is 0 Å². The first-order valence-corrected chi connectivity index (χ1v) is 6.16. The SMILES string of the molecule is CCNCCCNCCc1cscn1. The summed E-state index contributed by atoms with van der Waals surface area (Å²) in [5.41, 5.74) is 3.09. The fourth-order valence-corrected chi connectivity index (χ4v) is 1.81. The van der Waals surface area contributed by atoms with E-state index in [-0.39, 0.29) is 0 Å². The molecule has 2 N–H and O–H groups in total.